The lowest BCUT2D eigenvalue weighted by molar-refractivity contribution is 0.0945. The lowest BCUT2D eigenvalue weighted by atomic mass is 10.1. The van der Waals surface area contributed by atoms with Gasteiger partial charge in [-0.3, -0.25) is 4.79 Å². The Hall–Kier alpha value is -2.58. The van der Waals surface area contributed by atoms with Crippen LogP contribution >= 0.6 is 0 Å². The molecule has 4 rings (SSSR count). The molecular weight excluding hydrogens is 402 g/mol. The van der Waals surface area contributed by atoms with Gasteiger partial charge < -0.3 is 15.3 Å². The van der Waals surface area contributed by atoms with E-state index in [1.807, 2.05) is 18.2 Å². The molecule has 0 aliphatic carbocycles. The fourth-order valence-electron chi connectivity index (χ4n) is 4.14. The van der Waals surface area contributed by atoms with Crippen molar-refractivity contribution >= 4 is 21.6 Å². The second kappa shape index (κ2) is 8.65. The van der Waals surface area contributed by atoms with Crippen molar-refractivity contribution in [2.24, 2.45) is 5.92 Å². The monoisotopic (exact) mass is 429 g/mol. The van der Waals surface area contributed by atoms with Crippen LogP contribution in [0.4, 0.5) is 5.69 Å². The van der Waals surface area contributed by atoms with Crippen LogP contribution in [0.5, 0.6) is 5.75 Å². The number of carbonyl (C=O) groups is 1. The van der Waals surface area contributed by atoms with E-state index in [0.29, 0.717) is 25.6 Å². The first-order chi connectivity index (χ1) is 14.4. The number of sulfonamides is 1. The first-order valence-electron chi connectivity index (χ1n) is 10.4. The zero-order chi connectivity index (χ0) is 21.1. The van der Waals surface area contributed by atoms with Crippen molar-refractivity contribution in [2.45, 2.75) is 24.2 Å². The van der Waals surface area contributed by atoms with E-state index in [0.717, 1.165) is 32.4 Å². The smallest absolute Gasteiger partial charge is 0.255 e. The standard InChI is InChI=1S/C22H27N3O4S/c26-21-9-8-19(30(28,29)25-11-4-5-12-25)14-20(21)22(27)23-15-17-10-13-24(16-17)18-6-2-1-3-7-18/h1-3,6-9,14,17,26H,4-5,10-13,15-16H2,(H,23,27)/t17-/m0/s1. The Morgan fingerprint density at radius 1 is 1.07 bits per heavy atom. The Bertz CT molecular complexity index is 1000. The molecule has 0 aromatic heterocycles. The highest BCUT2D eigenvalue weighted by Crippen LogP contribution is 2.26. The van der Waals surface area contributed by atoms with E-state index in [4.69, 9.17) is 0 Å². The summed E-state index contributed by atoms with van der Waals surface area (Å²) in [4.78, 5) is 15.0. The Morgan fingerprint density at radius 3 is 2.53 bits per heavy atom. The topological polar surface area (TPSA) is 90.0 Å². The lowest BCUT2D eigenvalue weighted by Gasteiger charge is -2.19. The molecule has 8 heteroatoms. The van der Waals surface area contributed by atoms with Crippen molar-refractivity contribution in [3.05, 3.63) is 54.1 Å². The Balaban J connectivity index is 1.40. The van der Waals surface area contributed by atoms with Crippen LogP contribution in [0.3, 0.4) is 0 Å². The number of aromatic hydroxyl groups is 1. The van der Waals surface area contributed by atoms with Gasteiger partial charge in [0, 0.05) is 38.4 Å². The van der Waals surface area contributed by atoms with E-state index < -0.39 is 15.9 Å². The third-order valence-electron chi connectivity index (χ3n) is 5.87. The summed E-state index contributed by atoms with van der Waals surface area (Å²) >= 11 is 0. The van der Waals surface area contributed by atoms with Crippen LogP contribution in [0.15, 0.2) is 53.4 Å². The number of phenols is 1. The number of phenolic OH excluding ortho intramolecular Hbond substituents is 1. The minimum absolute atomic E-state index is 0.00631. The summed E-state index contributed by atoms with van der Waals surface area (Å²) in [6, 6.07) is 14.1. The molecule has 0 saturated carbocycles. The second-order valence-electron chi connectivity index (χ2n) is 7.94. The van der Waals surface area contributed by atoms with E-state index >= 15 is 0 Å². The summed E-state index contributed by atoms with van der Waals surface area (Å²) in [5.74, 6) is -0.373. The lowest BCUT2D eigenvalue weighted by Crippen LogP contribution is -2.31. The molecule has 2 aromatic carbocycles. The number of carbonyl (C=O) groups excluding carboxylic acids is 1. The van der Waals surface area contributed by atoms with E-state index in [-0.39, 0.29) is 16.2 Å². The molecule has 2 aliphatic rings. The highest BCUT2D eigenvalue weighted by molar-refractivity contribution is 7.89. The van der Waals surface area contributed by atoms with Crippen molar-refractivity contribution in [3.8, 4) is 5.75 Å². The summed E-state index contributed by atoms with van der Waals surface area (Å²) < 4.78 is 27.0. The summed E-state index contributed by atoms with van der Waals surface area (Å²) in [6.07, 6.45) is 2.64. The first kappa shape index (κ1) is 20.7. The van der Waals surface area contributed by atoms with Gasteiger partial charge in [0.25, 0.3) is 5.91 Å². The highest BCUT2D eigenvalue weighted by atomic mass is 32.2. The highest BCUT2D eigenvalue weighted by Gasteiger charge is 2.29. The molecule has 2 saturated heterocycles. The largest absolute Gasteiger partial charge is 0.507 e. The van der Waals surface area contributed by atoms with Crippen molar-refractivity contribution < 1.29 is 18.3 Å². The van der Waals surface area contributed by atoms with Crippen molar-refractivity contribution in [3.63, 3.8) is 0 Å². The molecule has 2 aromatic rings. The predicted molar refractivity (Wildman–Crippen MR) is 115 cm³/mol. The number of hydrogen-bond donors (Lipinski definition) is 2. The number of anilines is 1. The van der Waals surface area contributed by atoms with Gasteiger partial charge in [0.15, 0.2) is 0 Å². The molecule has 2 heterocycles. The van der Waals surface area contributed by atoms with Gasteiger partial charge in [-0.25, -0.2) is 8.42 Å². The van der Waals surface area contributed by atoms with Gasteiger partial charge in [0.05, 0.1) is 10.5 Å². The maximum Gasteiger partial charge on any atom is 0.255 e. The van der Waals surface area contributed by atoms with Crippen LogP contribution in [-0.2, 0) is 10.0 Å². The Morgan fingerprint density at radius 2 is 1.80 bits per heavy atom. The summed E-state index contributed by atoms with van der Waals surface area (Å²) in [5, 5.41) is 13.0. The molecule has 2 N–H and O–H groups in total. The van der Waals surface area contributed by atoms with Crippen LogP contribution in [0.2, 0.25) is 0 Å². The number of benzene rings is 2. The quantitative estimate of drug-likeness (QED) is 0.736. The molecule has 160 valence electrons. The zero-order valence-electron chi connectivity index (χ0n) is 16.8. The van der Waals surface area contributed by atoms with Gasteiger partial charge in [0.1, 0.15) is 5.75 Å². The molecule has 7 nitrogen and oxygen atoms in total. The van der Waals surface area contributed by atoms with Crippen LogP contribution in [0.1, 0.15) is 29.6 Å². The number of amides is 1. The number of para-hydroxylation sites is 1. The van der Waals surface area contributed by atoms with Gasteiger partial charge in [0.2, 0.25) is 10.0 Å². The minimum Gasteiger partial charge on any atom is -0.507 e. The fraction of sp³-hybridized carbons (Fsp3) is 0.409. The van der Waals surface area contributed by atoms with Crippen molar-refractivity contribution in [1.82, 2.24) is 9.62 Å². The van der Waals surface area contributed by atoms with Gasteiger partial charge >= 0.3 is 0 Å². The van der Waals surface area contributed by atoms with E-state index in [1.54, 1.807) is 0 Å². The second-order valence-corrected chi connectivity index (χ2v) is 9.87. The summed E-state index contributed by atoms with van der Waals surface area (Å²) in [6.45, 7) is 3.23. The van der Waals surface area contributed by atoms with Gasteiger partial charge in [-0.15, -0.1) is 0 Å². The predicted octanol–water partition coefficient (Wildman–Crippen LogP) is 2.43. The van der Waals surface area contributed by atoms with Crippen molar-refractivity contribution in [1.29, 1.82) is 0 Å². The third kappa shape index (κ3) is 4.29. The molecule has 2 aliphatic heterocycles. The Labute approximate surface area is 177 Å². The van der Waals surface area contributed by atoms with E-state index in [9.17, 15) is 18.3 Å². The van der Waals surface area contributed by atoms with Gasteiger partial charge in [-0.2, -0.15) is 4.31 Å². The Kier molecular flexibility index (Phi) is 5.97. The average Bonchev–Trinajstić information content (AvgIpc) is 3.45. The van der Waals surface area contributed by atoms with Crippen LogP contribution < -0.4 is 10.2 Å². The summed E-state index contributed by atoms with van der Waals surface area (Å²) in [7, 11) is -3.64. The summed E-state index contributed by atoms with van der Waals surface area (Å²) in [5.41, 5.74) is 1.16. The number of rotatable bonds is 6. The number of nitrogens with one attached hydrogen (secondary N) is 1. The maximum absolute atomic E-state index is 12.8. The molecule has 0 bridgehead atoms. The first-order valence-corrected chi connectivity index (χ1v) is 11.8. The zero-order valence-corrected chi connectivity index (χ0v) is 17.6. The van der Waals surface area contributed by atoms with Gasteiger partial charge in [-0.05, 0) is 55.5 Å². The SMILES string of the molecule is O=C(NC[C@@H]1CCN(c2ccccc2)C1)c1cc(S(=O)(=O)N2CCCC2)ccc1O. The number of nitrogens with zero attached hydrogens (tertiary/aromatic N) is 2. The molecule has 1 amide bonds. The molecule has 2 fully saturated rings. The fourth-order valence-corrected chi connectivity index (χ4v) is 5.68. The maximum atomic E-state index is 12.8. The molecule has 0 spiro atoms. The molecule has 0 unspecified atom stereocenters. The average molecular weight is 430 g/mol. The molecular formula is C22H27N3O4S. The van der Waals surface area contributed by atoms with Crippen LogP contribution in [0, 0.1) is 5.92 Å². The normalized spacial score (nSPS) is 19.9. The molecule has 1 atom stereocenters. The van der Waals surface area contributed by atoms with Gasteiger partial charge in [-0.1, -0.05) is 18.2 Å². The van der Waals surface area contributed by atoms with Crippen LogP contribution in [-0.4, -0.2) is 56.5 Å². The third-order valence-corrected chi connectivity index (χ3v) is 7.77. The van der Waals surface area contributed by atoms with Crippen LogP contribution in [0.25, 0.3) is 0 Å². The number of hydrogen-bond acceptors (Lipinski definition) is 5. The molecule has 0 radical (unpaired) electrons. The van der Waals surface area contributed by atoms with Crippen molar-refractivity contribution in [2.75, 3.05) is 37.6 Å². The minimum atomic E-state index is -3.64. The molecule has 30 heavy (non-hydrogen) atoms. The van der Waals surface area contributed by atoms with E-state index in [2.05, 4.69) is 22.3 Å². The van der Waals surface area contributed by atoms with E-state index in [1.165, 1.54) is 28.2 Å².